The first kappa shape index (κ1) is 23.3. The van der Waals surface area contributed by atoms with Gasteiger partial charge in [0.1, 0.15) is 18.6 Å². The third-order valence-corrected chi connectivity index (χ3v) is 4.41. The van der Waals surface area contributed by atoms with E-state index in [9.17, 15) is 4.79 Å². The summed E-state index contributed by atoms with van der Waals surface area (Å²) in [6.45, 7) is 9.95. The molecule has 0 spiro atoms. The summed E-state index contributed by atoms with van der Waals surface area (Å²) in [4.78, 5) is 12.8. The Labute approximate surface area is 158 Å². The van der Waals surface area contributed by atoms with E-state index in [1.807, 2.05) is 20.8 Å². The monoisotopic (exact) mass is 374 g/mol. The van der Waals surface area contributed by atoms with Gasteiger partial charge < -0.3 is 23.7 Å². The van der Waals surface area contributed by atoms with E-state index < -0.39 is 11.9 Å². The van der Waals surface area contributed by atoms with Crippen molar-refractivity contribution in [3.8, 4) is 0 Å². The zero-order valence-electron chi connectivity index (χ0n) is 17.1. The minimum atomic E-state index is -1.37. The van der Waals surface area contributed by atoms with Crippen molar-refractivity contribution >= 4 is 5.97 Å². The zero-order chi connectivity index (χ0) is 19.3. The Hall–Kier alpha value is -0.690. The summed E-state index contributed by atoms with van der Waals surface area (Å²) in [5, 5.41) is 0. The highest BCUT2D eigenvalue weighted by Crippen LogP contribution is 2.32. The minimum absolute atomic E-state index is 0.0364. The quantitative estimate of drug-likeness (QED) is 0.166. The van der Waals surface area contributed by atoms with Crippen LogP contribution in [0.2, 0.25) is 0 Å². The van der Waals surface area contributed by atoms with Gasteiger partial charge in [0.25, 0.3) is 5.97 Å². The van der Waals surface area contributed by atoms with Crippen LogP contribution in [0.3, 0.4) is 0 Å². The van der Waals surface area contributed by atoms with Gasteiger partial charge in [-0.2, -0.15) is 0 Å². The fraction of sp³-hybridized carbons (Fsp3) is 0.950. The molecule has 1 fully saturated rings. The molecule has 1 rings (SSSR count). The number of unbranched alkanes of at least 4 members (excludes halogenated alkanes) is 5. The summed E-state index contributed by atoms with van der Waals surface area (Å²) in [6.07, 6.45) is 7.54. The number of carbonyl (C=O) groups is 1. The fourth-order valence-electron chi connectivity index (χ4n) is 3.04. The van der Waals surface area contributed by atoms with Gasteiger partial charge in [0.05, 0.1) is 6.61 Å². The molecule has 26 heavy (non-hydrogen) atoms. The molecule has 0 aromatic carbocycles. The Morgan fingerprint density at radius 3 is 2.00 bits per heavy atom. The predicted molar refractivity (Wildman–Crippen MR) is 99.8 cm³/mol. The lowest BCUT2D eigenvalue weighted by Gasteiger charge is -2.37. The van der Waals surface area contributed by atoms with Crippen LogP contribution in [0.5, 0.6) is 0 Å². The van der Waals surface area contributed by atoms with Crippen molar-refractivity contribution in [2.45, 2.75) is 84.7 Å². The van der Waals surface area contributed by atoms with Gasteiger partial charge in [-0.05, 0) is 27.2 Å². The average Bonchev–Trinajstić information content (AvgIpc) is 3.44. The number of ether oxygens (including phenoxy) is 5. The number of rotatable bonds is 17. The van der Waals surface area contributed by atoms with Gasteiger partial charge >= 0.3 is 5.97 Å². The van der Waals surface area contributed by atoms with Crippen molar-refractivity contribution in [2.75, 3.05) is 33.0 Å². The third kappa shape index (κ3) is 8.33. The summed E-state index contributed by atoms with van der Waals surface area (Å²) in [7, 11) is 0. The molecule has 0 bridgehead atoms. The van der Waals surface area contributed by atoms with Crippen LogP contribution in [0.4, 0.5) is 0 Å². The summed E-state index contributed by atoms with van der Waals surface area (Å²) in [5.41, 5.74) is 0. The lowest BCUT2D eigenvalue weighted by atomic mass is 9.97. The van der Waals surface area contributed by atoms with E-state index in [0.29, 0.717) is 32.8 Å². The van der Waals surface area contributed by atoms with Gasteiger partial charge in [-0.1, -0.05) is 45.4 Å². The zero-order valence-corrected chi connectivity index (χ0v) is 17.1. The third-order valence-electron chi connectivity index (χ3n) is 4.41. The highest BCUT2D eigenvalue weighted by molar-refractivity contribution is 5.73. The molecular formula is C20H38O6. The van der Waals surface area contributed by atoms with Crippen molar-refractivity contribution in [3.05, 3.63) is 0 Å². The summed E-state index contributed by atoms with van der Waals surface area (Å²) in [6, 6.07) is 0. The van der Waals surface area contributed by atoms with E-state index in [2.05, 4.69) is 6.92 Å². The summed E-state index contributed by atoms with van der Waals surface area (Å²) in [5.74, 6) is -2.31. The molecule has 0 aliphatic carbocycles. The van der Waals surface area contributed by atoms with Crippen LogP contribution in [0.1, 0.15) is 72.6 Å². The molecular weight excluding hydrogens is 336 g/mol. The van der Waals surface area contributed by atoms with Crippen molar-refractivity contribution in [2.24, 2.45) is 5.92 Å². The second kappa shape index (κ2) is 13.5. The van der Waals surface area contributed by atoms with E-state index in [1.54, 1.807) is 0 Å². The predicted octanol–water partition coefficient (Wildman–Crippen LogP) is 4.06. The maximum Gasteiger partial charge on any atom is 0.317 e. The topological polar surface area (TPSA) is 66.5 Å². The Kier molecular flexibility index (Phi) is 12.1. The maximum absolute atomic E-state index is 12.8. The molecule has 0 amide bonds. The Morgan fingerprint density at radius 2 is 1.50 bits per heavy atom. The highest BCUT2D eigenvalue weighted by atomic mass is 16.9. The van der Waals surface area contributed by atoms with Crippen molar-refractivity contribution in [1.29, 1.82) is 0 Å². The molecule has 1 aliphatic rings. The van der Waals surface area contributed by atoms with Crippen LogP contribution in [0.15, 0.2) is 0 Å². The van der Waals surface area contributed by atoms with Crippen LogP contribution in [-0.4, -0.2) is 51.1 Å². The standard InChI is InChI=1S/C20H38O6/c1-5-9-10-11-12-13-14-18(19(21)23-16-17-15-22-17)20(24-6-2,25-7-3)26-8-4/h17-18H,5-16H2,1-4H3. The first-order chi connectivity index (χ1) is 12.6. The molecule has 2 atom stereocenters. The van der Waals surface area contributed by atoms with Crippen LogP contribution < -0.4 is 0 Å². The fourth-order valence-corrected chi connectivity index (χ4v) is 3.04. The number of hydrogen-bond acceptors (Lipinski definition) is 6. The molecule has 1 aliphatic heterocycles. The van der Waals surface area contributed by atoms with Crippen molar-refractivity contribution < 1.29 is 28.5 Å². The van der Waals surface area contributed by atoms with E-state index in [-0.39, 0.29) is 18.7 Å². The Balaban J connectivity index is 2.73. The molecule has 154 valence electrons. The second-order valence-electron chi connectivity index (χ2n) is 6.60. The van der Waals surface area contributed by atoms with Crippen LogP contribution >= 0.6 is 0 Å². The molecule has 6 heteroatoms. The second-order valence-corrected chi connectivity index (χ2v) is 6.60. The molecule has 0 radical (unpaired) electrons. The normalized spacial score (nSPS) is 17.9. The van der Waals surface area contributed by atoms with Crippen molar-refractivity contribution in [1.82, 2.24) is 0 Å². The molecule has 1 saturated heterocycles. The molecule has 1 heterocycles. The van der Waals surface area contributed by atoms with E-state index in [4.69, 9.17) is 23.7 Å². The van der Waals surface area contributed by atoms with Gasteiger partial charge in [0.15, 0.2) is 0 Å². The van der Waals surface area contributed by atoms with Gasteiger partial charge in [-0.15, -0.1) is 0 Å². The minimum Gasteiger partial charge on any atom is -0.462 e. The highest BCUT2D eigenvalue weighted by Gasteiger charge is 2.47. The lowest BCUT2D eigenvalue weighted by Crippen LogP contribution is -2.50. The van der Waals surface area contributed by atoms with E-state index in [1.165, 1.54) is 25.7 Å². The molecule has 0 saturated carbocycles. The molecule has 6 nitrogen and oxygen atoms in total. The molecule has 2 unspecified atom stereocenters. The lowest BCUT2D eigenvalue weighted by molar-refractivity contribution is -0.397. The molecule has 0 aromatic rings. The van der Waals surface area contributed by atoms with Crippen LogP contribution in [-0.2, 0) is 28.5 Å². The van der Waals surface area contributed by atoms with Gasteiger partial charge in [-0.25, -0.2) is 0 Å². The van der Waals surface area contributed by atoms with Gasteiger partial charge in [0.2, 0.25) is 0 Å². The first-order valence-corrected chi connectivity index (χ1v) is 10.3. The van der Waals surface area contributed by atoms with Crippen molar-refractivity contribution in [3.63, 3.8) is 0 Å². The number of carbonyl (C=O) groups excluding carboxylic acids is 1. The molecule has 0 aromatic heterocycles. The van der Waals surface area contributed by atoms with E-state index in [0.717, 1.165) is 12.8 Å². The smallest absolute Gasteiger partial charge is 0.317 e. The summed E-state index contributed by atoms with van der Waals surface area (Å²) >= 11 is 0. The van der Waals surface area contributed by atoms with Crippen LogP contribution in [0.25, 0.3) is 0 Å². The SMILES string of the molecule is CCCCCCCCC(C(=O)OCC1CO1)C(OCC)(OCC)OCC. The number of esters is 1. The number of hydrogen-bond donors (Lipinski definition) is 0. The van der Waals surface area contributed by atoms with E-state index >= 15 is 0 Å². The van der Waals surface area contributed by atoms with Gasteiger partial charge in [0, 0.05) is 19.8 Å². The van der Waals surface area contributed by atoms with Crippen LogP contribution in [0, 0.1) is 5.92 Å². The Morgan fingerprint density at radius 1 is 0.962 bits per heavy atom. The van der Waals surface area contributed by atoms with Gasteiger partial charge in [-0.3, -0.25) is 4.79 Å². The average molecular weight is 375 g/mol. The summed E-state index contributed by atoms with van der Waals surface area (Å²) < 4.78 is 28.1. The number of epoxide rings is 1. The Bertz CT molecular complexity index is 352. The maximum atomic E-state index is 12.8. The first-order valence-electron chi connectivity index (χ1n) is 10.3. The molecule has 0 N–H and O–H groups in total. The largest absolute Gasteiger partial charge is 0.462 e.